The number of nitrogens with zero attached hydrogens (tertiary/aromatic N) is 3. The monoisotopic (exact) mass is 410 g/mol. The molecule has 6 nitrogen and oxygen atoms in total. The topological polar surface area (TPSA) is 77.0 Å². The minimum Gasteiger partial charge on any atom is -0.406 e. The second-order valence-electron chi connectivity index (χ2n) is 6.20. The number of fused-ring (bicyclic) bond motifs is 1. The molecule has 2 heterocycles. The van der Waals surface area contributed by atoms with Crippen LogP contribution in [0.2, 0.25) is 0 Å². The van der Waals surface area contributed by atoms with Gasteiger partial charge in [0.25, 0.3) is 5.91 Å². The number of aromatic nitrogens is 3. The fraction of sp³-hybridized carbons (Fsp3) is 0.0476. The van der Waals surface area contributed by atoms with Gasteiger partial charge in [0, 0.05) is 17.1 Å². The Morgan fingerprint density at radius 2 is 1.83 bits per heavy atom. The largest absolute Gasteiger partial charge is 0.573 e. The molecule has 4 rings (SSSR count). The Balaban J connectivity index is 1.72. The first kappa shape index (κ1) is 19.3. The highest BCUT2D eigenvalue weighted by Crippen LogP contribution is 2.31. The fourth-order valence-electron chi connectivity index (χ4n) is 2.91. The summed E-state index contributed by atoms with van der Waals surface area (Å²) in [7, 11) is 0. The molecule has 0 aliphatic rings. The molecule has 0 saturated heterocycles. The lowest BCUT2D eigenvalue weighted by molar-refractivity contribution is -0.274. The molecule has 0 aliphatic heterocycles. The first-order valence-electron chi connectivity index (χ1n) is 8.72. The SMILES string of the molecule is O=C(Nc1ccncn1)c1ccc2cccc(-c3cccc(OC(F)(F)F)c3)c2n1. The van der Waals surface area contributed by atoms with Crippen molar-refractivity contribution < 1.29 is 22.7 Å². The van der Waals surface area contributed by atoms with Crippen molar-refractivity contribution in [2.75, 3.05) is 5.32 Å². The van der Waals surface area contributed by atoms with E-state index < -0.39 is 12.3 Å². The Morgan fingerprint density at radius 1 is 1.00 bits per heavy atom. The van der Waals surface area contributed by atoms with Crippen LogP contribution in [0, 0.1) is 0 Å². The van der Waals surface area contributed by atoms with E-state index in [4.69, 9.17) is 0 Å². The number of hydrogen-bond donors (Lipinski definition) is 1. The maximum absolute atomic E-state index is 12.6. The molecule has 30 heavy (non-hydrogen) atoms. The molecule has 150 valence electrons. The van der Waals surface area contributed by atoms with Gasteiger partial charge in [-0.1, -0.05) is 36.4 Å². The first-order valence-corrected chi connectivity index (χ1v) is 8.72. The van der Waals surface area contributed by atoms with Gasteiger partial charge < -0.3 is 10.1 Å². The van der Waals surface area contributed by atoms with Gasteiger partial charge in [0.2, 0.25) is 0 Å². The third-order valence-corrected chi connectivity index (χ3v) is 4.16. The van der Waals surface area contributed by atoms with Gasteiger partial charge >= 0.3 is 6.36 Å². The molecule has 0 aliphatic carbocycles. The van der Waals surface area contributed by atoms with E-state index in [0.29, 0.717) is 22.5 Å². The molecule has 0 spiro atoms. The quantitative estimate of drug-likeness (QED) is 0.521. The molecule has 2 aromatic carbocycles. The number of carbonyl (C=O) groups is 1. The van der Waals surface area contributed by atoms with E-state index in [1.54, 1.807) is 36.4 Å². The van der Waals surface area contributed by atoms with Crippen molar-refractivity contribution in [3.05, 3.63) is 78.9 Å². The highest BCUT2D eigenvalue weighted by molar-refractivity contribution is 6.04. The van der Waals surface area contributed by atoms with E-state index in [2.05, 4.69) is 25.0 Å². The van der Waals surface area contributed by atoms with Crippen molar-refractivity contribution in [2.45, 2.75) is 6.36 Å². The zero-order valence-electron chi connectivity index (χ0n) is 15.2. The minimum absolute atomic E-state index is 0.135. The summed E-state index contributed by atoms with van der Waals surface area (Å²) < 4.78 is 41.7. The number of benzene rings is 2. The summed E-state index contributed by atoms with van der Waals surface area (Å²) in [5.41, 5.74) is 1.65. The molecular weight excluding hydrogens is 397 g/mol. The van der Waals surface area contributed by atoms with Crippen LogP contribution in [0.1, 0.15) is 10.5 Å². The number of anilines is 1. The molecular formula is C21H13F3N4O2. The van der Waals surface area contributed by atoms with E-state index in [1.165, 1.54) is 36.8 Å². The molecule has 9 heteroatoms. The summed E-state index contributed by atoms with van der Waals surface area (Å²) in [6.45, 7) is 0. The lowest BCUT2D eigenvalue weighted by atomic mass is 10.0. The summed E-state index contributed by atoms with van der Waals surface area (Å²) in [5.74, 6) is -0.489. The lowest BCUT2D eigenvalue weighted by Crippen LogP contribution is -2.17. The summed E-state index contributed by atoms with van der Waals surface area (Å²) in [4.78, 5) is 24.7. The Hall–Kier alpha value is -4.01. The van der Waals surface area contributed by atoms with Gasteiger partial charge in [0.1, 0.15) is 23.6 Å². The van der Waals surface area contributed by atoms with Gasteiger partial charge in [0.15, 0.2) is 0 Å². The van der Waals surface area contributed by atoms with Gasteiger partial charge in [-0.15, -0.1) is 13.2 Å². The zero-order chi connectivity index (χ0) is 21.1. The maximum Gasteiger partial charge on any atom is 0.573 e. The third-order valence-electron chi connectivity index (χ3n) is 4.16. The van der Waals surface area contributed by atoms with E-state index >= 15 is 0 Å². The van der Waals surface area contributed by atoms with Gasteiger partial charge in [-0.2, -0.15) is 0 Å². The van der Waals surface area contributed by atoms with Crippen LogP contribution in [0.4, 0.5) is 19.0 Å². The van der Waals surface area contributed by atoms with Crippen molar-refractivity contribution in [2.24, 2.45) is 0 Å². The third kappa shape index (κ3) is 4.35. The van der Waals surface area contributed by atoms with Crippen molar-refractivity contribution in [1.29, 1.82) is 0 Å². The van der Waals surface area contributed by atoms with E-state index in [-0.39, 0.29) is 11.4 Å². The van der Waals surface area contributed by atoms with Crippen LogP contribution in [-0.2, 0) is 0 Å². The Bertz CT molecular complexity index is 1210. The van der Waals surface area contributed by atoms with E-state index in [0.717, 1.165) is 5.39 Å². The van der Waals surface area contributed by atoms with Crippen molar-refractivity contribution in [3.63, 3.8) is 0 Å². The number of hydrogen-bond acceptors (Lipinski definition) is 5. The van der Waals surface area contributed by atoms with Crippen LogP contribution >= 0.6 is 0 Å². The molecule has 0 radical (unpaired) electrons. The molecule has 0 unspecified atom stereocenters. The number of ether oxygens (including phenoxy) is 1. The predicted octanol–water partition coefficient (Wildman–Crippen LogP) is 4.84. The van der Waals surface area contributed by atoms with Crippen molar-refractivity contribution in [1.82, 2.24) is 15.0 Å². The number of alkyl halides is 3. The molecule has 0 bridgehead atoms. The standard InChI is InChI=1S/C21H13F3N4O2/c22-21(23,24)30-15-5-1-4-14(11-15)16-6-2-3-13-7-8-17(27-19(13)16)20(29)28-18-9-10-25-12-26-18/h1-12H,(H,25,26,28,29). The summed E-state index contributed by atoms with van der Waals surface area (Å²) in [5, 5.41) is 3.35. The number of amides is 1. The molecule has 0 fully saturated rings. The average Bonchev–Trinajstić information content (AvgIpc) is 2.72. The Morgan fingerprint density at radius 3 is 2.60 bits per heavy atom. The predicted molar refractivity (Wildman–Crippen MR) is 104 cm³/mol. The molecule has 0 saturated carbocycles. The van der Waals surface area contributed by atoms with Crippen LogP contribution in [0.15, 0.2) is 73.2 Å². The number of carbonyl (C=O) groups excluding carboxylic acids is 1. The van der Waals surface area contributed by atoms with Gasteiger partial charge in [0.05, 0.1) is 5.52 Å². The summed E-state index contributed by atoms with van der Waals surface area (Å²) in [6.07, 6.45) is -2.00. The number of halogens is 3. The fourth-order valence-corrected chi connectivity index (χ4v) is 2.91. The molecule has 2 aromatic heterocycles. The lowest BCUT2D eigenvalue weighted by Gasteiger charge is -2.12. The second kappa shape index (κ2) is 7.78. The average molecular weight is 410 g/mol. The van der Waals surface area contributed by atoms with Gasteiger partial charge in [-0.25, -0.2) is 15.0 Å². The van der Waals surface area contributed by atoms with Crippen LogP contribution in [-0.4, -0.2) is 27.2 Å². The van der Waals surface area contributed by atoms with Crippen molar-refractivity contribution >= 4 is 22.6 Å². The summed E-state index contributed by atoms with van der Waals surface area (Å²) in [6, 6.07) is 15.7. The first-order chi connectivity index (χ1) is 14.4. The van der Waals surface area contributed by atoms with Gasteiger partial charge in [-0.05, 0) is 29.8 Å². The Labute approximate surface area is 168 Å². The molecule has 4 aromatic rings. The number of para-hydroxylation sites is 1. The summed E-state index contributed by atoms with van der Waals surface area (Å²) >= 11 is 0. The van der Waals surface area contributed by atoms with E-state index in [1.807, 2.05) is 0 Å². The second-order valence-corrected chi connectivity index (χ2v) is 6.20. The highest BCUT2D eigenvalue weighted by Gasteiger charge is 2.31. The van der Waals surface area contributed by atoms with Crippen LogP contribution < -0.4 is 10.1 Å². The smallest absolute Gasteiger partial charge is 0.406 e. The number of nitrogens with one attached hydrogen (secondary N) is 1. The zero-order valence-corrected chi connectivity index (χ0v) is 15.2. The van der Waals surface area contributed by atoms with Crippen LogP contribution in [0.3, 0.4) is 0 Å². The van der Waals surface area contributed by atoms with Crippen LogP contribution in [0.5, 0.6) is 5.75 Å². The van der Waals surface area contributed by atoms with Gasteiger partial charge in [-0.3, -0.25) is 4.79 Å². The molecule has 0 atom stereocenters. The molecule has 1 amide bonds. The highest BCUT2D eigenvalue weighted by atomic mass is 19.4. The minimum atomic E-state index is -4.79. The van der Waals surface area contributed by atoms with Crippen LogP contribution in [0.25, 0.3) is 22.0 Å². The maximum atomic E-state index is 12.6. The number of rotatable bonds is 4. The Kier molecular flexibility index (Phi) is 5.01. The van der Waals surface area contributed by atoms with Crippen molar-refractivity contribution in [3.8, 4) is 16.9 Å². The number of pyridine rings is 1. The van der Waals surface area contributed by atoms with E-state index in [9.17, 15) is 18.0 Å². The normalized spacial score (nSPS) is 11.3. The molecule has 1 N–H and O–H groups in total.